The van der Waals surface area contributed by atoms with Crippen LogP contribution in [0.1, 0.15) is 99.8 Å². The second-order valence-corrected chi connectivity index (χ2v) is 13.8. The van der Waals surface area contributed by atoms with E-state index in [-0.39, 0.29) is 5.41 Å². The van der Waals surface area contributed by atoms with Crippen molar-refractivity contribution in [1.82, 2.24) is 9.55 Å². The molecule has 0 saturated heterocycles. The Hall–Kier alpha value is -3.91. The topological polar surface area (TPSA) is 17.8 Å². The molecule has 2 nitrogen and oxygen atoms in total. The molecule has 1 aromatic heterocycles. The van der Waals surface area contributed by atoms with Gasteiger partial charge in [-0.2, -0.15) is 0 Å². The highest BCUT2D eigenvalue weighted by Gasteiger charge is 2.30. The number of benzene rings is 4. The standard InChI is InChI=1S/C41H48N2.2C2H6/c1-28(2)23-35-25-34(32-17-13-10-14-18-32)26-36(24-29(3)4)39(35)43-22-21-42-40(43)37-27-33(31-15-11-9-12-16-31)19-20-38(37)41(7,8)30(5)6;2*1-2/h9-22,25-30H,23-24H2,1-8H3;2*1-2H3. The van der Waals surface area contributed by atoms with Crippen molar-refractivity contribution >= 4 is 0 Å². The van der Waals surface area contributed by atoms with E-state index in [1.807, 2.05) is 33.9 Å². The summed E-state index contributed by atoms with van der Waals surface area (Å²) in [6.45, 7) is 26.7. The molecule has 5 aromatic rings. The third kappa shape index (κ3) is 8.92. The van der Waals surface area contributed by atoms with E-state index < -0.39 is 0 Å². The second-order valence-electron chi connectivity index (χ2n) is 13.8. The zero-order chi connectivity index (χ0) is 34.7. The van der Waals surface area contributed by atoms with Crippen molar-refractivity contribution in [2.75, 3.05) is 0 Å². The van der Waals surface area contributed by atoms with Gasteiger partial charge in [-0.3, -0.25) is 4.57 Å². The zero-order valence-corrected chi connectivity index (χ0v) is 31.4. The average molecular weight is 629 g/mol. The smallest absolute Gasteiger partial charge is 0.144 e. The lowest BCUT2D eigenvalue weighted by Gasteiger charge is -2.32. The van der Waals surface area contributed by atoms with Crippen molar-refractivity contribution in [3.05, 3.63) is 120 Å². The summed E-state index contributed by atoms with van der Waals surface area (Å²) >= 11 is 0. The summed E-state index contributed by atoms with van der Waals surface area (Å²) < 4.78 is 2.40. The molecular formula is C45H60N2. The van der Waals surface area contributed by atoms with Crippen molar-refractivity contribution in [3.63, 3.8) is 0 Å². The molecule has 0 radical (unpaired) electrons. The third-order valence-electron chi connectivity index (χ3n) is 9.02. The van der Waals surface area contributed by atoms with Crippen molar-refractivity contribution in [3.8, 4) is 39.3 Å². The van der Waals surface area contributed by atoms with Gasteiger partial charge in [-0.25, -0.2) is 4.98 Å². The lowest BCUT2D eigenvalue weighted by Crippen LogP contribution is -2.25. The summed E-state index contributed by atoms with van der Waals surface area (Å²) in [5.74, 6) is 2.54. The largest absolute Gasteiger partial charge is 0.299 e. The van der Waals surface area contributed by atoms with Gasteiger partial charge in [0.05, 0.1) is 5.69 Å². The molecule has 5 rings (SSSR count). The number of hydrogen-bond acceptors (Lipinski definition) is 1. The minimum Gasteiger partial charge on any atom is -0.299 e. The van der Waals surface area contributed by atoms with E-state index >= 15 is 0 Å². The lowest BCUT2D eigenvalue weighted by molar-refractivity contribution is 0.373. The second kappa shape index (κ2) is 17.3. The summed E-state index contributed by atoms with van der Waals surface area (Å²) in [6, 6.07) is 33.4. The first-order valence-electron chi connectivity index (χ1n) is 18.0. The maximum Gasteiger partial charge on any atom is 0.144 e. The van der Waals surface area contributed by atoms with E-state index in [1.54, 1.807) is 0 Å². The quantitative estimate of drug-likeness (QED) is 0.150. The highest BCUT2D eigenvalue weighted by atomic mass is 15.1. The van der Waals surface area contributed by atoms with Crippen LogP contribution in [0.4, 0.5) is 0 Å². The maximum atomic E-state index is 5.12. The van der Waals surface area contributed by atoms with Crippen LogP contribution >= 0.6 is 0 Å². The van der Waals surface area contributed by atoms with Crippen LogP contribution in [-0.4, -0.2) is 9.55 Å². The van der Waals surface area contributed by atoms with Crippen LogP contribution in [0.3, 0.4) is 0 Å². The summed E-state index contributed by atoms with van der Waals surface area (Å²) in [5, 5.41) is 0. The van der Waals surface area contributed by atoms with Crippen LogP contribution in [-0.2, 0) is 18.3 Å². The van der Waals surface area contributed by atoms with Crippen LogP contribution < -0.4 is 0 Å². The molecule has 0 saturated carbocycles. The molecule has 0 aliphatic rings. The molecule has 0 aliphatic carbocycles. The molecule has 0 fully saturated rings. The lowest BCUT2D eigenvalue weighted by atomic mass is 9.73. The summed E-state index contributed by atoms with van der Waals surface area (Å²) in [6.07, 6.45) is 6.18. The van der Waals surface area contributed by atoms with Gasteiger partial charge >= 0.3 is 0 Å². The minimum absolute atomic E-state index is 0.0278. The van der Waals surface area contributed by atoms with Crippen molar-refractivity contribution in [1.29, 1.82) is 0 Å². The maximum absolute atomic E-state index is 5.12. The number of rotatable bonds is 10. The van der Waals surface area contributed by atoms with E-state index in [9.17, 15) is 0 Å². The van der Waals surface area contributed by atoms with E-state index in [1.165, 1.54) is 50.2 Å². The van der Waals surface area contributed by atoms with Crippen LogP contribution in [0.15, 0.2) is 103 Å². The Morgan fingerprint density at radius 3 is 1.55 bits per heavy atom. The van der Waals surface area contributed by atoms with Crippen molar-refractivity contribution in [2.24, 2.45) is 17.8 Å². The number of aromatic nitrogens is 2. The zero-order valence-electron chi connectivity index (χ0n) is 31.4. The first kappa shape index (κ1) is 37.5. The Kier molecular flexibility index (Phi) is 13.8. The van der Waals surface area contributed by atoms with Gasteiger partial charge in [0.25, 0.3) is 0 Å². The highest BCUT2D eigenvalue weighted by Crippen LogP contribution is 2.41. The van der Waals surface area contributed by atoms with Crippen LogP contribution in [0.2, 0.25) is 0 Å². The Balaban J connectivity index is 0.00000144. The molecule has 0 bridgehead atoms. The Morgan fingerprint density at radius 2 is 1.09 bits per heavy atom. The molecule has 47 heavy (non-hydrogen) atoms. The minimum atomic E-state index is -0.0278. The Bertz CT molecular complexity index is 1620. The van der Waals surface area contributed by atoms with E-state index in [0.717, 1.165) is 18.7 Å². The van der Waals surface area contributed by atoms with Crippen molar-refractivity contribution < 1.29 is 0 Å². The predicted molar refractivity (Wildman–Crippen MR) is 208 cm³/mol. The summed E-state index contributed by atoms with van der Waals surface area (Å²) in [7, 11) is 0. The number of hydrogen-bond donors (Lipinski definition) is 0. The average Bonchev–Trinajstić information content (AvgIpc) is 3.55. The van der Waals surface area contributed by atoms with Gasteiger partial charge in [0.2, 0.25) is 0 Å². The van der Waals surface area contributed by atoms with Crippen LogP contribution in [0.25, 0.3) is 39.3 Å². The van der Waals surface area contributed by atoms with E-state index in [0.29, 0.717) is 17.8 Å². The molecule has 0 spiro atoms. The molecule has 2 heteroatoms. The Labute approximate surface area is 287 Å². The third-order valence-corrected chi connectivity index (χ3v) is 9.02. The van der Waals surface area contributed by atoms with Gasteiger partial charge in [0.15, 0.2) is 0 Å². The van der Waals surface area contributed by atoms with Gasteiger partial charge in [0.1, 0.15) is 5.82 Å². The van der Waals surface area contributed by atoms with Crippen LogP contribution in [0.5, 0.6) is 0 Å². The fraction of sp³-hybridized carbons (Fsp3) is 0.400. The van der Waals surface area contributed by atoms with E-state index in [4.69, 9.17) is 4.98 Å². The molecule has 0 unspecified atom stereocenters. The SMILES string of the molecule is CC.CC.CC(C)Cc1cc(-c2ccccc2)cc(CC(C)C)c1-n1ccnc1-c1cc(-c2ccccc2)ccc1C(C)(C)C(C)C. The van der Waals surface area contributed by atoms with Crippen molar-refractivity contribution in [2.45, 2.75) is 101 Å². The van der Waals surface area contributed by atoms with E-state index in [2.05, 4.69) is 157 Å². The molecule has 1 heterocycles. The summed E-state index contributed by atoms with van der Waals surface area (Å²) in [4.78, 5) is 5.12. The number of imidazole rings is 1. The molecule has 0 aliphatic heterocycles. The molecular weight excluding hydrogens is 569 g/mol. The molecule has 4 aromatic carbocycles. The van der Waals surface area contributed by atoms with Gasteiger partial charge in [-0.05, 0) is 93.2 Å². The fourth-order valence-electron chi connectivity index (χ4n) is 6.15. The molecule has 0 atom stereocenters. The van der Waals surface area contributed by atoms with Gasteiger partial charge in [-0.1, -0.05) is 156 Å². The van der Waals surface area contributed by atoms with Gasteiger partial charge in [0, 0.05) is 18.0 Å². The highest BCUT2D eigenvalue weighted by molar-refractivity contribution is 5.76. The van der Waals surface area contributed by atoms with Crippen LogP contribution in [0, 0.1) is 17.8 Å². The molecule has 250 valence electrons. The van der Waals surface area contributed by atoms with Gasteiger partial charge in [-0.15, -0.1) is 0 Å². The fourth-order valence-corrected chi connectivity index (χ4v) is 6.15. The monoisotopic (exact) mass is 628 g/mol. The first-order chi connectivity index (χ1) is 22.6. The normalized spacial score (nSPS) is 11.3. The summed E-state index contributed by atoms with van der Waals surface area (Å²) in [5.41, 5.74) is 11.6. The molecule has 0 N–H and O–H groups in total. The first-order valence-corrected chi connectivity index (χ1v) is 18.0. The van der Waals surface area contributed by atoms with Gasteiger partial charge < -0.3 is 0 Å². The molecule has 0 amide bonds. The Morgan fingerprint density at radius 1 is 0.596 bits per heavy atom. The predicted octanol–water partition coefficient (Wildman–Crippen LogP) is 13.3. The number of nitrogens with zero attached hydrogens (tertiary/aromatic N) is 2.